The lowest BCUT2D eigenvalue weighted by atomic mass is 10.2. The van der Waals surface area contributed by atoms with Gasteiger partial charge in [0.2, 0.25) is 5.75 Å². The quantitative estimate of drug-likeness (QED) is 0.540. The second kappa shape index (κ2) is 9.00. The van der Waals surface area contributed by atoms with E-state index in [2.05, 4.69) is 4.98 Å². The molecular formula is C21H23NO6S. The van der Waals surface area contributed by atoms with Crippen LogP contribution in [-0.2, 0) is 4.74 Å². The normalized spacial score (nSPS) is 10.7. The highest BCUT2D eigenvalue weighted by Crippen LogP contribution is 2.45. The second-order valence-corrected chi connectivity index (χ2v) is 7.01. The molecule has 0 spiro atoms. The van der Waals surface area contributed by atoms with Crippen LogP contribution in [0.15, 0.2) is 40.1 Å². The first kappa shape index (κ1) is 20.7. The molecule has 0 atom stereocenters. The molecular weight excluding hydrogens is 394 g/mol. The Morgan fingerprint density at radius 3 is 2.21 bits per heavy atom. The fourth-order valence-electron chi connectivity index (χ4n) is 2.96. The number of nitrogens with one attached hydrogen (secondary N) is 1. The van der Waals surface area contributed by atoms with Gasteiger partial charge in [0.15, 0.2) is 11.5 Å². The fraction of sp³-hybridized carbons (Fsp3) is 0.286. The zero-order chi connectivity index (χ0) is 21.0. The number of H-pyrrole nitrogens is 1. The van der Waals surface area contributed by atoms with Crippen LogP contribution in [0.3, 0.4) is 0 Å². The predicted molar refractivity (Wildman–Crippen MR) is 111 cm³/mol. The van der Waals surface area contributed by atoms with Gasteiger partial charge in [0, 0.05) is 15.8 Å². The number of carbonyl (C=O) groups excluding carboxylic acids is 1. The first-order chi connectivity index (χ1) is 14.1. The molecule has 1 heterocycles. The Labute approximate surface area is 173 Å². The van der Waals surface area contributed by atoms with Crippen molar-refractivity contribution in [2.24, 2.45) is 0 Å². The van der Waals surface area contributed by atoms with Gasteiger partial charge in [-0.15, -0.1) is 0 Å². The Balaban J connectivity index is 2.15. The van der Waals surface area contributed by atoms with Gasteiger partial charge in [-0.25, -0.2) is 4.79 Å². The van der Waals surface area contributed by atoms with Crippen molar-refractivity contribution in [2.45, 2.75) is 16.7 Å². The molecule has 3 aromatic rings. The molecule has 3 rings (SSSR count). The molecule has 1 aromatic heterocycles. The van der Waals surface area contributed by atoms with Crippen molar-refractivity contribution in [2.75, 3.05) is 35.0 Å². The van der Waals surface area contributed by atoms with Crippen LogP contribution in [0.1, 0.15) is 17.4 Å². The fourth-order valence-corrected chi connectivity index (χ4v) is 4.04. The Kier molecular flexibility index (Phi) is 6.43. The lowest BCUT2D eigenvalue weighted by molar-refractivity contribution is 0.0516. The minimum atomic E-state index is -0.419. The van der Waals surface area contributed by atoms with Crippen molar-refractivity contribution < 1.29 is 28.5 Å². The van der Waals surface area contributed by atoms with E-state index >= 15 is 0 Å². The molecule has 29 heavy (non-hydrogen) atoms. The summed E-state index contributed by atoms with van der Waals surface area (Å²) in [7, 11) is 6.28. The summed E-state index contributed by atoms with van der Waals surface area (Å²) in [6.45, 7) is 2.06. The van der Waals surface area contributed by atoms with E-state index in [1.807, 2.05) is 30.3 Å². The van der Waals surface area contributed by atoms with Gasteiger partial charge >= 0.3 is 5.97 Å². The molecule has 8 heteroatoms. The van der Waals surface area contributed by atoms with Gasteiger partial charge in [-0.1, -0.05) is 11.8 Å². The predicted octanol–water partition coefficient (Wildman–Crippen LogP) is 4.53. The van der Waals surface area contributed by atoms with Crippen molar-refractivity contribution in [3.8, 4) is 23.0 Å². The summed E-state index contributed by atoms with van der Waals surface area (Å²) in [4.78, 5) is 17.3. The molecule has 0 aliphatic carbocycles. The number of aromatic amines is 1. The summed E-state index contributed by atoms with van der Waals surface area (Å²) in [5.41, 5.74) is 1.19. The molecule has 0 fully saturated rings. The van der Waals surface area contributed by atoms with Crippen LogP contribution in [0.4, 0.5) is 0 Å². The van der Waals surface area contributed by atoms with E-state index in [9.17, 15) is 4.79 Å². The highest BCUT2D eigenvalue weighted by molar-refractivity contribution is 7.99. The van der Waals surface area contributed by atoms with Gasteiger partial charge < -0.3 is 28.7 Å². The first-order valence-corrected chi connectivity index (χ1v) is 9.72. The van der Waals surface area contributed by atoms with Crippen molar-refractivity contribution in [3.05, 3.63) is 36.0 Å². The van der Waals surface area contributed by atoms with Gasteiger partial charge in [0.1, 0.15) is 11.4 Å². The van der Waals surface area contributed by atoms with Gasteiger partial charge in [-0.3, -0.25) is 0 Å². The van der Waals surface area contributed by atoms with Crippen LogP contribution in [0.5, 0.6) is 23.0 Å². The van der Waals surface area contributed by atoms with E-state index in [-0.39, 0.29) is 6.61 Å². The summed E-state index contributed by atoms with van der Waals surface area (Å²) in [5, 5.41) is 0.853. The highest BCUT2D eigenvalue weighted by atomic mass is 32.2. The third-order valence-electron chi connectivity index (χ3n) is 4.30. The van der Waals surface area contributed by atoms with Crippen molar-refractivity contribution in [1.82, 2.24) is 4.98 Å². The molecule has 0 amide bonds. The molecule has 0 saturated carbocycles. The highest BCUT2D eigenvalue weighted by Gasteiger charge is 2.22. The van der Waals surface area contributed by atoms with Gasteiger partial charge in [-0.05, 0) is 37.3 Å². The molecule has 0 radical (unpaired) electrons. The maximum absolute atomic E-state index is 12.6. The molecule has 0 aliphatic heterocycles. The lowest BCUT2D eigenvalue weighted by Gasteiger charge is -2.14. The Morgan fingerprint density at radius 2 is 1.66 bits per heavy atom. The monoisotopic (exact) mass is 417 g/mol. The number of carbonyl (C=O) groups is 1. The molecule has 0 aliphatic rings. The number of benzene rings is 2. The standard InChI is InChI=1S/C21H23NO6S/c1-6-28-21(23)18-20(14-9-12(24-2)7-8-15(14)22-18)29-13-10-16(25-3)19(27-5)17(11-13)26-4/h7-11,22H,6H2,1-5H3. The third-order valence-corrected chi connectivity index (χ3v) is 5.40. The Morgan fingerprint density at radius 1 is 0.966 bits per heavy atom. The van der Waals surface area contributed by atoms with E-state index in [0.29, 0.717) is 28.7 Å². The average molecular weight is 417 g/mol. The number of ether oxygens (including phenoxy) is 5. The number of rotatable bonds is 8. The average Bonchev–Trinajstić information content (AvgIpc) is 3.10. The van der Waals surface area contributed by atoms with Crippen molar-refractivity contribution in [1.29, 1.82) is 0 Å². The van der Waals surface area contributed by atoms with E-state index in [1.54, 1.807) is 35.4 Å². The molecule has 1 N–H and O–H groups in total. The zero-order valence-electron chi connectivity index (χ0n) is 17.0. The molecule has 154 valence electrons. The SMILES string of the molecule is CCOC(=O)c1[nH]c2ccc(OC)cc2c1Sc1cc(OC)c(OC)c(OC)c1. The van der Waals surface area contributed by atoms with Crippen LogP contribution in [0.25, 0.3) is 10.9 Å². The van der Waals surface area contributed by atoms with Crippen LogP contribution in [-0.4, -0.2) is 46.0 Å². The van der Waals surface area contributed by atoms with Crippen LogP contribution in [0, 0.1) is 0 Å². The van der Waals surface area contributed by atoms with E-state index in [0.717, 1.165) is 20.7 Å². The third kappa shape index (κ3) is 4.07. The van der Waals surface area contributed by atoms with Gasteiger partial charge in [0.25, 0.3) is 0 Å². The number of esters is 1. The molecule has 7 nitrogen and oxygen atoms in total. The van der Waals surface area contributed by atoms with E-state index < -0.39 is 5.97 Å². The summed E-state index contributed by atoms with van der Waals surface area (Å²) < 4.78 is 26.9. The molecule has 0 unspecified atom stereocenters. The lowest BCUT2D eigenvalue weighted by Crippen LogP contribution is -2.06. The van der Waals surface area contributed by atoms with Crippen molar-refractivity contribution >= 4 is 28.6 Å². The van der Waals surface area contributed by atoms with Crippen molar-refractivity contribution in [3.63, 3.8) is 0 Å². The van der Waals surface area contributed by atoms with E-state index in [1.165, 1.54) is 11.8 Å². The summed E-state index contributed by atoms with van der Waals surface area (Å²) in [6, 6.07) is 9.26. The maximum Gasteiger partial charge on any atom is 0.355 e. The summed E-state index contributed by atoms with van der Waals surface area (Å²) in [5.74, 6) is 1.84. The number of hydrogen-bond donors (Lipinski definition) is 1. The minimum absolute atomic E-state index is 0.284. The van der Waals surface area contributed by atoms with Crippen LogP contribution >= 0.6 is 11.8 Å². The molecule has 2 aromatic carbocycles. The second-order valence-electron chi connectivity index (χ2n) is 5.92. The van der Waals surface area contributed by atoms with Gasteiger partial charge in [-0.2, -0.15) is 0 Å². The maximum atomic E-state index is 12.6. The molecule has 0 bridgehead atoms. The topological polar surface area (TPSA) is 79.0 Å². The largest absolute Gasteiger partial charge is 0.497 e. The number of methoxy groups -OCH3 is 4. The van der Waals surface area contributed by atoms with Crippen LogP contribution < -0.4 is 18.9 Å². The van der Waals surface area contributed by atoms with Gasteiger partial charge in [0.05, 0.1) is 39.9 Å². The number of aromatic nitrogens is 1. The number of hydrogen-bond acceptors (Lipinski definition) is 7. The first-order valence-electron chi connectivity index (χ1n) is 8.90. The Hall–Kier alpha value is -3.00. The van der Waals surface area contributed by atoms with Crippen LogP contribution in [0.2, 0.25) is 0 Å². The summed E-state index contributed by atoms with van der Waals surface area (Å²) >= 11 is 1.40. The smallest absolute Gasteiger partial charge is 0.355 e. The van der Waals surface area contributed by atoms with E-state index in [4.69, 9.17) is 23.7 Å². The minimum Gasteiger partial charge on any atom is -0.497 e. The number of fused-ring (bicyclic) bond motifs is 1. The molecule has 0 saturated heterocycles. The Bertz CT molecular complexity index is 1000. The summed E-state index contributed by atoms with van der Waals surface area (Å²) in [6.07, 6.45) is 0. The zero-order valence-corrected chi connectivity index (χ0v) is 17.8.